The molecular formula is C28H25N3O2S. The molecule has 0 saturated carbocycles. The maximum atomic E-state index is 5.96. The molecular weight excluding hydrogens is 442 g/mol. The number of rotatable bonds is 5. The second-order valence-electron chi connectivity index (χ2n) is 8.73. The molecule has 2 aromatic carbocycles. The van der Waals surface area contributed by atoms with Gasteiger partial charge < -0.3 is 14.0 Å². The van der Waals surface area contributed by atoms with Gasteiger partial charge in [0.05, 0.1) is 15.9 Å². The van der Waals surface area contributed by atoms with Gasteiger partial charge in [0.2, 0.25) is 0 Å². The summed E-state index contributed by atoms with van der Waals surface area (Å²) < 4.78 is 14.1. The van der Waals surface area contributed by atoms with Crippen LogP contribution in [0.2, 0.25) is 0 Å². The fourth-order valence-electron chi connectivity index (χ4n) is 4.51. The first kappa shape index (κ1) is 20.9. The molecule has 6 heteroatoms. The number of aromatic nitrogens is 3. The zero-order chi connectivity index (χ0) is 23.1. The van der Waals surface area contributed by atoms with Crippen molar-refractivity contribution in [2.45, 2.75) is 26.8 Å². The third-order valence-electron chi connectivity index (χ3n) is 6.34. The Morgan fingerprint density at radius 1 is 0.971 bits per heavy atom. The van der Waals surface area contributed by atoms with Crippen molar-refractivity contribution >= 4 is 22.4 Å². The molecule has 0 saturated heterocycles. The summed E-state index contributed by atoms with van der Waals surface area (Å²) in [5.74, 6) is 2.74. The van der Waals surface area contributed by atoms with Crippen molar-refractivity contribution < 1.29 is 9.47 Å². The fraction of sp³-hybridized carbons (Fsp3) is 0.214. The topological polar surface area (TPSA) is 49.2 Å². The van der Waals surface area contributed by atoms with Gasteiger partial charge in [-0.05, 0) is 60.4 Å². The van der Waals surface area contributed by atoms with Crippen LogP contribution in [-0.2, 0) is 13.0 Å². The van der Waals surface area contributed by atoms with Crippen molar-refractivity contribution in [3.05, 3.63) is 94.4 Å². The van der Waals surface area contributed by atoms with Crippen LogP contribution in [0.25, 0.3) is 21.5 Å². The lowest BCUT2D eigenvalue weighted by Gasteiger charge is -2.16. The summed E-state index contributed by atoms with van der Waals surface area (Å²) in [5, 5.41) is 2.04. The number of nitrogens with zero attached hydrogens (tertiary/aromatic N) is 3. The normalized spacial score (nSPS) is 12.9. The number of ether oxygens (including phenoxy) is 2. The van der Waals surface area contributed by atoms with Crippen LogP contribution in [0.3, 0.4) is 0 Å². The van der Waals surface area contributed by atoms with Gasteiger partial charge in [-0.25, -0.2) is 4.98 Å². The summed E-state index contributed by atoms with van der Waals surface area (Å²) in [6, 6.07) is 17.3. The molecule has 1 aliphatic heterocycles. The van der Waals surface area contributed by atoms with Crippen LogP contribution in [0.1, 0.15) is 28.1 Å². The Balaban J connectivity index is 1.49. The number of thiophene rings is 1. The van der Waals surface area contributed by atoms with Crippen LogP contribution < -0.4 is 9.47 Å². The molecule has 0 fully saturated rings. The third kappa shape index (κ3) is 3.84. The van der Waals surface area contributed by atoms with Crippen LogP contribution in [0.15, 0.2) is 66.3 Å². The van der Waals surface area contributed by atoms with Crippen LogP contribution in [0.4, 0.5) is 0 Å². The Bertz CT molecular complexity index is 1490. The number of pyridine rings is 1. The lowest BCUT2D eigenvalue weighted by Crippen LogP contribution is -2.14. The summed E-state index contributed by atoms with van der Waals surface area (Å²) in [6.07, 6.45) is 4.43. The Kier molecular flexibility index (Phi) is 5.30. The molecule has 4 heterocycles. The van der Waals surface area contributed by atoms with Gasteiger partial charge >= 0.3 is 0 Å². The Labute approximate surface area is 202 Å². The molecule has 0 spiro atoms. The molecule has 0 atom stereocenters. The van der Waals surface area contributed by atoms with Gasteiger partial charge in [-0.15, -0.1) is 11.3 Å². The molecule has 0 unspecified atom stereocenters. The van der Waals surface area contributed by atoms with E-state index in [4.69, 9.17) is 14.5 Å². The van der Waals surface area contributed by atoms with E-state index in [2.05, 4.69) is 71.9 Å². The number of hydrogen-bond acceptors (Lipinski definition) is 5. The first-order valence-electron chi connectivity index (χ1n) is 11.5. The molecule has 5 nitrogen and oxygen atoms in total. The molecule has 34 heavy (non-hydrogen) atoms. The van der Waals surface area contributed by atoms with E-state index in [0.717, 1.165) is 51.8 Å². The molecule has 0 N–H and O–H groups in total. The molecule has 6 rings (SSSR count). The first-order chi connectivity index (χ1) is 16.7. The number of hydrogen-bond donors (Lipinski definition) is 0. The molecule has 0 aliphatic carbocycles. The van der Waals surface area contributed by atoms with Gasteiger partial charge in [0.25, 0.3) is 0 Å². The predicted molar refractivity (Wildman–Crippen MR) is 136 cm³/mol. The molecule has 0 radical (unpaired) electrons. The monoisotopic (exact) mass is 467 g/mol. The SMILES string of the molecule is Cc1ccc(C)c(Cn2c(Cc3ccncc3)nc3ccc(-c4scc5c4OCCO5)cc32)c1. The summed E-state index contributed by atoms with van der Waals surface area (Å²) in [5.41, 5.74) is 8.32. The van der Waals surface area contributed by atoms with E-state index < -0.39 is 0 Å². The maximum absolute atomic E-state index is 5.96. The largest absolute Gasteiger partial charge is 0.485 e. The fourth-order valence-corrected chi connectivity index (χ4v) is 5.44. The zero-order valence-corrected chi connectivity index (χ0v) is 20.1. The minimum atomic E-state index is 0.583. The third-order valence-corrected chi connectivity index (χ3v) is 7.32. The van der Waals surface area contributed by atoms with Crippen molar-refractivity contribution in [1.29, 1.82) is 0 Å². The second-order valence-corrected chi connectivity index (χ2v) is 9.61. The average Bonchev–Trinajstić information content (AvgIpc) is 3.43. The van der Waals surface area contributed by atoms with Crippen LogP contribution in [0, 0.1) is 13.8 Å². The van der Waals surface area contributed by atoms with Gasteiger partial charge in [-0.3, -0.25) is 4.98 Å². The first-order valence-corrected chi connectivity index (χ1v) is 12.4. The van der Waals surface area contributed by atoms with Crippen molar-refractivity contribution in [3.8, 4) is 21.9 Å². The van der Waals surface area contributed by atoms with Crippen LogP contribution >= 0.6 is 11.3 Å². The Hall–Kier alpha value is -3.64. The van der Waals surface area contributed by atoms with Gasteiger partial charge in [-0.2, -0.15) is 0 Å². The Morgan fingerprint density at radius 3 is 2.71 bits per heavy atom. The molecule has 170 valence electrons. The van der Waals surface area contributed by atoms with Crippen LogP contribution in [-0.4, -0.2) is 27.7 Å². The van der Waals surface area contributed by atoms with E-state index in [1.54, 1.807) is 11.3 Å². The molecule has 0 bridgehead atoms. The second kappa shape index (κ2) is 8.61. The van der Waals surface area contributed by atoms with E-state index >= 15 is 0 Å². The van der Waals surface area contributed by atoms with Gasteiger partial charge in [0, 0.05) is 30.7 Å². The van der Waals surface area contributed by atoms with Gasteiger partial charge in [0.1, 0.15) is 19.0 Å². The quantitative estimate of drug-likeness (QED) is 0.309. The van der Waals surface area contributed by atoms with Gasteiger partial charge in [-0.1, -0.05) is 29.8 Å². The van der Waals surface area contributed by atoms with E-state index in [1.807, 2.05) is 17.8 Å². The molecule has 3 aromatic heterocycles. The smallest absolute Gasteiger partial charge is 0.179 e. The predicted octanol–water partition coefficient (Wildman–Crippen LogP) is 6.19. The number of fused-ring (bicyclic) bond motifs is 2. The lowest BCUT2D eigenvalue weighted by atomic mass is 10.1. The van der Waals surface area contributed by atoms with E-state index in [0.29, 0.717) is 13.2 Å². The van der Waals surface area contributed by atoms with Crippen molar-refractivity contribution in [2.75, 3.05) is 13.2 Å². The molecule has 1 aliphatic rings. The number of benzene rings is 2. The highest BCUT2D eigenvalue weighted by atomic mass is 32.1. The minimum absolute atomic E-state index is 0.583. The standard InChI is InChI=1S/C28H25N3O2S/c1-18-3-4-19(2)22(13-18)16-31-24-15-21(28-27-25(17-34-28)32-11-12-33-27)5-6-23(24)30-26(31)14-20-7-9-29-10-8-20/h3-10,13,15,17H,11-12,14,16H2,1-2H3. The summed E-state index contributed by atoms with van der Waals surface area (Å²) in [6.45, 7) is 6.28. The van der Waals surface area contributed by atoms with Gasteiger partial charge in [0.15, 0.2) is 11.5 Å². The summed E-state index contributed by atoms with van der Waals surface area (Å²) >= 11 is 1.66. The number of aryl methyl sites for hydroxylation is 2. The summed E-state index contributed by atoms with van der Waals surface area (Å²) in [4.78, 5) is 10.3. The maximum Gasteiger partial charge on any atom is 0.179 e. The van der Waals surface area contributed by atoms with Crippen molar-refractivity contribution in [1.82, 2.24) is 14.5 Å². The van der Waals surface area contributed by atoms with E-state index in [-0.39, 0.29) is 0 Å². The zero-order valence-electron chi connectivity index (χ0n) is 19.2. The van der Waals surface area contributed by atoms with Crippen molar-refractivity contribution in [2.24, 2.45) is 0 Å². The Morgan fingerprint density at radius 2 is 1.82 bits per heavy atom. The minimum Gasteiger partial charge on any atom is -0.485 e. The van der Waals surface area contributed by atoms with E-state index in [1.165, 1.54) is 22.3 Å². The lowest BCUT2D eigenvalue weighted by molar-refractivity contribution is 0.174. The van der Waals surface area contributed by atoms with E-state index in [9.17, 15) is 0 Å². The summed E-state index contributed by atoms with van der Waals surface area (Å²) in [7, 11) is 0. The highest BCUT2D eigenvalue weighted by Gasteiger charge is 2.21. The highest BCUT2D eigenvalue weighted by Crippen LogP contribution is 2.46. The van der Waals surface area contributed by atoms with Crippen LogP contribution in [0.5, 0.6) is 11.5 Å². The average molecular weight is 468 g/mol. The highest BCUT2D eigenvalue weighted by molar-refractivity contribution is 7.14. The van der Waals surface area contributed by atoms with Crippen molar-refractivity contribution in [3.63, 3.8) is 0 Å². The number of imidazole rings is 1. The molecule has 5 aromatic rings. The molecule has 0 amide bonds.